The van der Waals surface area contributed by atoms with Crippen LogP contribution in [0.1, 0.15) is 22.3 Å². The van der Waals surface area contributed by atoms with Crippen molar-refractivity contribution in [2.24, 2.45) is 0 Å². The number of hydrogen-bond acceptors (Lipinski definition) is 1. The minimum Gasteiger partial charge on any atom is -0.309 e. The third kappa shape index (κ3) is 5.80. The van der Waals surface area contributed by atoms with E-state index in [0.29, 0.717) is 0 Å². The number of nitrogens with zero attached hydrogens (tertiary/aromatic N) is 2. The molecule has 0 atom stereocenters. The van der Waals surface area contributed by atoms with Crippen molar-refractivity contribution in [3.63, 3.8) is 0 Å². The van der Waals surface area contributed by atoms with Crippen LogP contribution in [-0.2, 0) is 5.41 Å². The van der Waals surface area contributed by atoms with Gasteiger partial charge in [0.25, 0.3) is 0 Å². The molecule has 0 bridgehead atoms. The van der Waals surface area contributed by atoms with E-state index in [1.54, 1.807) is 0 Å². The monoisotopic (exact) mass is 802 g/mol. The van der Waals surface area contributed by atoms with E-state index < -0.39 is 5.41 Å². The van der Waals surface area contributed by atoms with Crippen LogP contribution < -0.4 is 4.90 Å². The van der Waals surface area contributed by atoms with Gasteiger partial charge < -0.3 is 9.47 Å². The topological polar surface area (TPSA) is 8.17 Å². The summed E-state index contributed by atoms with van der Waals surface area (Å²) in [5.74, 6) is 0. The molecular weight excluding hydrogens is 761 g/mol. The van der Waals surface area contributed by atoms with Gasteiger partial charge in [0, 0.05) is 27.7 Å². The van der Waals surface area contributed by atoms with Crippen LogP contribution in [0.2, 0.25) is 0 Å². The Hall–Kier alpha value is -8.20. The largest absolute Gasteiger partial charge is 0.309 e. The molecule has 0 amide bonds. The Balaban J connectivity index is 1.11. The van der Waals surface area contributed by atoms with Gasteiger partial charge in [-0.15, -0.1) is 0 Å². The molecule has 0 N–H and O–H groups in total. The fourth-order valence-corrected chi connectivity index (χ4v) is 10.4. The Kier molecular flexibility index (Phi) is 8.76. The molecule has 2 nitrogen and oxygen atoms in total. The van der Waals surface area contributed by atoms with Gasteiger partial charge in [-0.1, -0.05) is 206 Å². The number of hydrogen-bond donors (Lipinski definition) is 0. The first-order valence-electron chi connectivity index (χ1n) is 21.8. The molecule has 1 heterocycles. The van der Waals surface area contributed by atoms with Gasteiger partial charge in [-0.25, -0.2) is 0 Å². The summed E-state index contributed by atoms with van der Waals surface area (Å²) in [6.07, 6.45) is 0. The van der Waals surface area contributed by atoms with E-state index in [0.717, 1.165) is 33.8 Å². The zero-order valence-electron chi connectivity index (χ0n) is 34.6. The number of fused-ring (bicyclic) bond motifs is 6. The molecule has 63 heavy (non-hydrogen) atoms. The zero-order chi connectivity index (χ0) is 41.7. The van der Waals surface area contributed by atoms with Crippen LogP contribution in [-0.4, -0.2) is 4.57 Å². The van der Waals surface area contributed by atoms with Crippen LogP contribution >= 0.6 is 0 Å². The summed E-state index contributed by atoms with van der Waals surface area (Å²) in [6.45, 7) is 0. The van der Waals surface area contributed by atoms with Crippen LogP contribution in [0.15, 0.2) is 255 Å². The minimum absolute atomic E-state index is 0.456. The lowest BCUT2D eigenvalue weighted by Gasteiger charge is -2.33. The van der Waals surface area contributed by atoms with Crippen molar-refractivity contribution in [1.29, 1.82) is 0 Å². The summed E-state index contributed by atoms with van der Waals surface area (Å²) in [7, 11) is 0. The maximum absolute atomic E-state index is 2.48. The third-order valence-corrected chi connectivity index (χ3v) is 13.1. The first kappa shape index (κ1) is 36.6. The predicted molar refractivity (Wildman–Crippen MR) is 264 cm³/mol. The van der Waals surface area contributed by atoms with Crippen LogP contribution in [0.3, 0.4) is 0 Å². The summed E-state index contributed by atoms with van der Waals surface area (Å²) in [5, 5.41) is 2.40. The fraction of sp³-hybridized carbons (Fsp3) is 0.0164. The molecule has 2 heteroatoms. The highest BCUT2D eigenvalue weighted by molar-refractivity contribution is 6.17. The maximum Gasteiger partial charge on any atom is 0.0713 e. The number of rotatable bonds is 8. The standard InChI is InChI=1S/C61H42N2/c1-5-21-43(22-6-1)45-25-19-30-48(41-45)62(56-35-17-14-31-50(56)44-23-7-2-8-24-44)58-37-20-38-59-60(58)52-33-15-18-36-57(52)63(59)49-39-40-55-53(42-49)51-32-13-16-34-54(51)61(55,46-26-9-3-10-27-46)47-28-11-4-12-29-47/h1-42H. The predicted octanol–water partition coefficient (Wildman–Crippen LogP) is 16.0. The van der Waals surface area contributed by atoms with E-state index in [4.69, 9.17) is 0 Å². The van der Waals surface area contributed by atoms with Gasteiger partial charge in [0.1, 0.15) is 0 Å². The van der Waals surface area contributed by atoms with Crippen LogP contribution in [0.25, 0.3) is 60.9 Å². The van der Waals surface area contributed by atoms with Crippen molar-refractivity contribution in [2.45, 2.75) is 5.41 Å². The molecule has 0 saturated heterocycles. The molecule has 296 valence electrons. The molecule has 0 saturated carbocycles. The molecule has 1 aliphatic rings. The number of para-hydroxylation sites is 2. The maximum atomic E-state index is 2.48. The van der Waals surface area contributed by atoms with Gasteiger partial charge in [0.05, 0.1) is 27.8 Å². The first-order chi connectivity index (χ1) is 31.3. The summed E-state index contributed by atoms with van der Waals surface area (Å²) in [4.78, 5) is 2.47. The molecule has 11 aromatic rings. The Morgan fingerprint density at radius 1 is 0.333 bits per heavy atom. The lowest BCUT2D eigenvalue weighted by molar-refractivity contribution is 0.768. The Morgan fingerprint density at radius 3 is 1.62 bits per heavy atom. The Morgan fingerprint density at radius 2 is 0.873 bits per heavy atom. The number of benzene rings is 10. The van der Waals surface area contributed by atoms with E-state index in [1.807, 2.05) is 0 Å². The molecule has 10 aromatic carbocycles. The molecule has 0 radical (unpaired) electrons. The van der Waals surface area contributed by atoms with Crippen molar-refractivity contribution >= 4 is 38.9 Å². The summed E-state index contributed by atoms with van der Waals surface area (Å²) >= 11 is 0. The van der Waals surface area contributed by atoms with E-state index in [9.17, 15) is 0 Å². The number of anilines is 3. The van der Waals surface area contributed by atoms with Gasteiger partial charge >= 0.3 is 0 Å². The third-order valence-electron chi connectivity index (χ3n) is 13.1. The summed E-state index contributed by atoms with van der Waals surface area (Å²) in [5.41, 5.74) is 18.7. The van der Waals surface area contributed by atoms with E-state index in [-0.39, 0.29) is 0 Å². The van der Waals surface area contributed by atoms with Gasteiger partial charge in [-0.3, -0.25) is 0 Å². The van der Waals surface area contributed by atoms with E-state index >= 15 is 0 Å². The average Bonchev–Trinajstić information content (AvgIpc) is 3.86. The lowest BCUT2D eigenvalue weighted by Crippen LogP contribution is -2.28. The molecule has 0 aliphatic heterocycles. The fourth-order valence-electron chi connectivity index (χ4n) is 10.4. The molecule has 0 spiro atoms. The second-order valence-corrected chi connectivity index (χ2v) is 16.4. The van der Waals surface area contributed by atoms with Crippen molar-refractivity contribution in [3.05, 3.63) is 277 Å². The highest BCUT2D eigenvalue weighted by Gasteiger charge is 2.46. The van der Waals surface area contributed by atoms with Crippen molar-refractivity contribution in [1.82, 2.24) is 4.57 Å². The van der Waals surface area contributed by atoms with Gasteiger partial charge in [-0.2, -0.15) is 0 Å². The van der Waals surface area contributed by atoms with Gasteiger partial charge in [-0.05, 0) is 98.6 Å². The van der Waals surface area contributed by atoms with E-state index in [1.165, 1.54) is 66.4 Å². The van der Waals surface area contributed by atoms with Gasteiger partial charge in [0.2, 0.25) is 0 Å². The zero-order valence-corrected chi connectivity index (χ0v) is 34.6. The van der Waals surface area contributed by atoms with Gasteiger partial charge in [0.15, 0.2) is 0 Å². The second kappa shape index (κ2) is 15.1. The van der Waals surface area contributed by atoms with Crippen LogP contribution in [0, 0.1) is 0 Å². The Bertz CT molecular complexity index is 3400. The number of aromatic nitrogens is 1. The van der Waals surface area contributed by atoms with Crippen LogP contribution in [0.4, 0.5) is 17.1 Å². The van der Waals surface area contributed by atoms with E-state index in [2.05, 4.69) is 264 Å². The molecule has 0 fully saturated rings. The quantitative estimate of drug-likeness (QED) is 0.149. The second-order valence-electron chi connectivity index (χ2n) is 16.4. The minimum atomic E-state index is -0.456. The normalized spacial score (nSPS) is 12.6. The summed E-state index contributed by atoms with van der Waals surface area (Å²) < 4.78 is 2.48. The van der Waals surface area contributed by atoms with Crippen molar-refractivity contribution in [2.75, 3.05) is 4.90 Å². The smallest absolute Gasteiger partial charge is 0.0713 e. The highest BCUT2D eigenvalue weighted by Crippen LogP contribution is 2.57. The SMILES string of the molecule is c1ccc(-c2cccc(N(c3ccccc3-c3ccccc3)c3cccc4c3c3ccccc3n4-c3ccc4c(c3)-c3ccccc3C4(c3ccccc3)c3ccccc3)c2)cc1. The lowest BCUT2D eigenvalue weighted by atomic mass is 9.68. The van der Waals surface area contributed by atoms with Crippen molar-refractivity contribution < 1.29 is 0 Å². The Labute approximate surface area is 368 Å². The molecule has 1 aliphatic carbocycles. The van der Waals surface area contributed by atoms with Crippen molar-refractivity contribution in [3.8, 4) is 39.1 Å². The molecular formula is C61H42N2. The summed E-state index contributed by atoms with van der Waals surface area (Å²) in [6, 6.07) is 93.2. The average molecular weight is 803 g/mol. The molecule has 0 unspecified atom stereocenters. The van der Waals surface area contributed by atoms with Crippen LogP contribution in [0.5, 0.6) is 0 Å². The molecule has 1 aromatic heterocycles. The first-order valence-corrected chi connectivity index (χ1v) is 21.8. The molecule has 12 rings (SSSR count). The highest BCUT2D eigenvalue weighted by atomic mass is 15.2.